The summed E-state index contributed by atoms with van der Waals surface area (Å²) in [5.74, 6) is 0.748. The Bertz CT molecular complexity index is 746. The summed E-state index contributed by atoms with van der Waals surface area (Å²) in [6.07, 6.45) is 4.69. The monoisotopic (exact) mass is 353 g/mol. The Morgan fingerprint density at radius 1 is 1.19 bits per heavy atom. The second kappa shape index (κ2) is 7.93. The van der Waals surface area contributed by atoms with E-state index in [1.807, 2.05) is 0 Å². The Morgan fingerprint density at radius 3 is 2.73 bits per heavy atom. The van der Waals surface area contributed by atoms with Crippen molar-refractivity contribution in [1.29, 1.82) is 0 Å². The summed E-state index contributed by atoms with van der Waals surface area (Å²) >= 11 is 0. The second-order valence-electron chi connectivity index (χ2n) is 7.87. The van der Waals surface area contributed by atoms with Gasteiger partial charge in [-0.05, 0) is 50.2 Å². The number of hydrogen-bond donors (Lipinski definition) is 1. The van der Waals surface area contributed by atoms with Crippen LogP contribution in [-0.2, 0) is 11.2 Å². The van der Waals surface area contributed by atoms with Crippen molar-refractivity contribution in [1.82, 2.24) is 9.88 Å². The highest BCUT2D eigenvalue weighted by molar-refractivity contribution is 5.93. The van der Waals surface area contributed by atoms with Crippen LogP contribution in [0, 0.1) is 12.8 Å². The van der Waals surface area contributed by atoms with E-state index in [1.165, 1.54) is 55.5 Å². The lowest BCUT2D eigenvalue weighted by Crippen LogP contribution is -2.41. The average Bonchev–Trinajstić information content (AvgIpc) is 3.16. The topological polar surface area (TPSA) is 37.4 Å². The zero-order valence-corrected chi connectivity index (χ0v) is 16.1. The van der Waals surface area contributed by atoms with Gasteiger partial charge in [-0.15, -0.1) is 0 Å². The van der Waals surface area contributed by atoms with E-state index in [1.54, 1.807) is 0 Å². The smallest absolute Gasteiger partial charge is 0.0726 e. The number of hydrogen-bond acceptors (Lipinski definition) is 4. The molecule has 1 atom stereocenters. The number of pyridine rings is 1. The van der Waals surface area contributed by atoms with Crippen LogP contribution in [-0.4, -0.2) is 48.8 Å². The maximum atomic E-state index is 5.53. The molecule has 26 heavy (non-hydrogen) atoms. The van der Waals surface area contributed by atoms with Gasteiger partial charge in [-0.3, -0.25) is 4.98 Å². The lowest BCUT2D eigenvalue weighted by atomic mass is 9.99. The summed E-state index contributed by atoms with van der Waals surface area (Å²) in [7, 11) is 0. The molecule has 0 spiro atoms. The van der Waals surface area contributed by atoms with Gasteiger partial charge in [-0.25, -0.2) is 0 Å². The fraction of sp³-hybridized carbons (Fsp3) is 0.591. The number of ether oxygens (including phenoxy) is 1. The van der Waals surface area contributed by atoms with Gasteiger partial charge in [0.25, 0.3) is 0 Å². The predicted molar refractivity (Wildman–Crippen MR) is 108 cm³/mol. The molecule has 4 heteroatoms. The summed E-state index contributed by atoms with van der Waals surface area (Å²) in [5, 5.41) is 5.17. The minimum absolute atomic E-state index is 0.557. The highest BCUT2D eigenvalue weighted by atomic mass is 16.5. The van der Waals surface area contributed by atoms with Crippen molar-refractivity contribution in [3.8, 4) is 0 Å². The Morgan fingerprint density at radius 2 is 2.00 bits per heavy atom. The first-order chi connectivity index (χ1) is 12.7. The van der Waals surface area contributed by atoms with E-state index < -0.39 is 0 Å². The molecule has 0 radical (unpaired) electrons. The van der Waals surface area contributed by atoms with Crippen LogP contribution in [0.3, 0.4) is 0 Å². The zero-order chi connectivity index (χ0) is 17.9. The normalized spacial score (nSPS) is 22.2. The summed E-state index contributed by atoms with van der Waals surface area (Å²) in [6, 6.07) is 9.09. The molecule has 2 saturated heterocycles. The molecule has 140 valence electrons. The molecule has 4 rings (SSSR count). The van der Waals surface area contributed by atoms with Crippen molar-refractivity contribution in [3.63, 3.8) is 0 Å². The summed E-state index contributed by atoms with van der Waals surface area (Å²) in [6.45, 7) is 9.88. The van der Waals surface area contributed by atoms with Gasteiger partial charge >= 0.3 is 0 Å². The molecule has 0 aliphatic carbocycles. The lowest BCUT2D eigenvalue weighted by Gasteiger charge is -2.34. The number of anilines is 1. The van der Waals surface area contributed by atoms with Gasteiger partial charge in [0.15, 0.2) is 0 Å². The first-order valence-corrected chi connectivity index (χ1v) is 10.2. The van der Waals surface area contributed by atoms with E-state index in [9.17, 15) is 0 Å². The molecule has 1 aromatic carbocycles. The van der Waals surface area contributed by atoms with E-state index in [0.717, 1.165) is 36.8 Å². The molecule has 1 unspecified atom stereocenters. The van der Waals surface area contributed by atoms with Gasteiger partial charge < -0.3 is 15.0 Å². The SMILES string of the molecule is CCc1c(C)nc2ccccc2c1NC1CCN(CC2CCOC2)CC1. The number of fused-ring (bicyclic) bond motifs is 1. The third-order valence-corrected chi connectivity index (χ3v) is 6.03. The molecule has 2 fully saturated rings. The lowest BCUT2D eigenvalue weighted by molar-refractivity contribution is 0.154. The number of para-hydroxylation sites is 1. The minimum Gasteiger partial charge on any atom is -0.381 e. The maximum Gasteiger partial charge on any atom is 0.0726 e. The standard InChI is InChI=1S/C22H31N3O/c1-3-19-16(2)23-21-7-5-4-6-20(21)22(19)24-18-8-11-25(12-9-18)14-17-10-13-26-15-17/h4-7,17-18H,3,8-15H2,1-2H3,(H,23,24). The Hall–Kier alpha value is -1.65. The average molecular weight is 354 g/mol. The fourth-order valence-corrected chi connectivity index (χ4v) is 4.53. The molecule has 2 aliphatic heterocycles. The summed E-state index contributed by atoms with van der Waals surface area (Å²) < 4.78 is 5.53. The number of aromatic nitrogens is 1. The van der Waals surface area contributed by atoms with Gasteiger partial charge in [0, 0.05) is 49.1 Å². The van der Waals surface area contributed by atoms with Crippen LogP contribution in [0.2, 0.25) is 0 Å². The van der Waals surface area contributed by atoms with Crippen molar-refractivity contribution in [2.24, 2.45) is 5.92 Å². The van der Waals surface area contributed by atoms with Crippen molar-refractivity contribution in [3.05, 3.63) is 35.5 Å². The molecular weight excluding hydrogens is 322 g/mol. The van der Waals surface area contributed by atoms with Crippen LogP contribution in [0.1, 0.15) is 37.4 Å². The molecule has 0 amide bonds. The number of aryl methyl sites for hydroxylation is 1. The van der Waals surface area contributed by atoms with Crippen LogP contribution in [0.4, 0.5) is 5.69 Å². The highest BCUT2D eigenvalue weighted by Gasteiger charge is 2.24. The Labute approximate surface area is 156 Å². The number of likely N-dealkylation sites (tertiary alicyclic amines) is 1. The molecule has 0 bridgehead atoms. The van der Waals surface area contributed by atoms with Gasteiger partial charge in [0.1, 0.15) is 0 Å². The quantitative estimate of drug-likeness (QED) is 0.881. The predicted octanol–water partition coefficient (Wildman–Crippen LogP) is 4.02. The Balaban J connectivity index is 1.46. The molecule has 1 N–H and O–H groups in total. The second-order valence-corrected chi connectivity index (χ2v) is 7.87. The number of piperidine rings is 1. The molecular formula is C22H31N3O. The van der Waals surface area contributed by atoms with Crippen LogP contribution in [0.15, 0.2) is 24.3 Å². The van der Waals surface area contributed by atoms with E-state index in [-0.39, 0.29) is 0 Å². The zero-order valence-electron chi connectivity index (χ0n) is 16.1. The van der Waals surface area contributed by atoms with Crippen molar-refractivity contribution >= 4 is 16.6 Å². The molecule has 3 heterocycles. The Kier molecular flexibility index (Phi) is 5.41. The molecule has 1 aromatic heterocycles. The van der Waals surface area contributed by atoms with Crippen molar-refractivity contribution in [2.45, 2.75) is 45.6 Å². The van der Waals surface area contributed by atoms with Gasteiger partial charge in [0.2, 0.25) is 0 Å². The molecule has 2 aromatic rings. The highest BCUT2D eigenvalue weighted by Crippen LogP contribution is 2.31. The summed E-state index contributed by atoms with van der Waals surface area (Å²) in [5.41, 5.74) is 4.95. The van der Waals surface area contributed by atoms with E-state index >= 15 is 0 Å². The first kappa shape index (κ1) is 17.7. The van der Waals surface area contributed by atoms with Gasteiger partial charge in [-0.1, -0.05) is 25.1 Å². The minimum atomic E-state index is 0.557. The van der Waals surface area contributed by atoms with E-state index in [2.05, 4.69) is 48.3 Å². The van der Waals surface area contributed by atoms with Crippen LogP contribution in [0.25, 0.3) is 10.9 Å². The molecule has 2 aliphatic rings. The van der Waals surface area contributed by atoms with Crippen LogP contribution < -0.4 is 5.32 Å². The first-order valence-electron chi connectivity index (χ1n) is 10.2. The third-order valence-electron chi connectivity index (χ3n) is 6.03. The largest absolute Gasteiger partial charge is 0.381 e. The fourth-order valence-electron chi connectivity index (χ4n) is 4.53. The number of nitrogens with one attached hydrogen (secondary N) is 1. The molecule has 4 nitrogen and oxygen atoms in total. The van der Waals surface area contributed by atoms with Crippen molar-refractivity contribution < 1.29 is 4.74 Å². The third kappa shape index (κ3) is 3.72. The van der Waals surface area contributed by atoms with Crippen LogP contribution >= 0.6 is 0 Å². The molecule has 0 saturated carbocycles. The summed E-state index contributed by atoms with van der Waals surface area (Å²) in [4.78, 5) is 7.44. The van der Waals surface area contributed by atoms with Crippen molar-refractivity contribution in [2.75, 3.05) is 38.2 Å². The number of benzene rings is 1. The maximum absolute atomic E-state index is 5.53. The van der Waals surface area contributed by atoms with Gasteiger partial charge in [0.05, 0.1) is 12.1 Å². The van der Waals surface area contributed by atoms with Crippen LogP contribution in [0.5, 0.6) is 0 Å². The van der Waals surface area contributed by atoms with Gasteiger partial charge in [-0.2, -0.15) is 0 Å². The van der Waals surface area contributed by atoms with E-state index in [0.29, 0.717) is 6.04 Å². The number of rotatable bonds is 5. The van der Waals surface area contributed by atoms with E-state index in [4.69, 9.17) is 9.72 Å². The number of nitrogens with zero attached hydrogens (tertiary/aromatic N) is 2.